The standard InChI is InChI=1S/C13H16N2O2/c1-3-17-13(16)15-12-8-10(2)7-11(9-12)5-4-6-14/h7-9H,3,6,14H2,1-2H3,(H,15,16). The SMILES string of the molecule is CCOC(=O)Nc1cc(C)cc(C#CCN)c1. The molecule has 0 aromatic heterocycles. The first-order valence-corrected chi connectivity index (χ1v) is 5.40. The minimum Gasteiger partial charge on any atom is -0.450 e. The molecule has 1 aromatic rings. The summed E-state index contributed by atoms with van der Waals surface area (Å²) in [7, 11) is 0. The molecule has 0 atom stereocenters. The highest BCUT2D eigenvalue weighted by Crippen LogP contribution is 2.14. The summed E-state index contributed by atoms with van der Waals surface area (Å²) in [5.41, 5.74) is 7.82. The summed E-state index contributed by atoms with van der Waals surface area (Å²) < 4.78 is 4.80. The number of rotatable bonds is 2. The lowest BCUT2D eigenvalue weighted by Crippen LogP contribution is -2.13. The normalized spacial score (nSPS) is 9.12. The third kappa shape index (κ3) is 4.58. The molecule has 1 rings (SSSR count). The molecule has 0 saturated carbocycles. The number of hydrogen-bond acceptors (Lipinski definition) is 3. The molecule has 0 radical (unpaired) electrons. The lowest BCUT2D eigenvalue weighted by Gasteiger charge is -2.06. The Morgan fingerprint density at radius 3 is 2.88 bits per heavy atom. The van der Waals surface area contributed by atoms with Crippen molar-refractivity contribution in [2.45, 2.75) is 13.8 Å². The van der Waals surface area contributed by atoms with Gasteiger partial charge >= 0.3 is 6.09 Å². The fourth-order valence-corrected chi connectivity index (χ4v) is 1.37. The number of aryl methyl sites for hydroxylation is 1. The number of anilines is 1. The topological polar surface area (TPSA) is 64.3 Å². The molecule has 1 amide bonds. The second-order valence-electron chi connectivity index (χ2n) is 3.44. The lowest BCUT2D eigenvalue weighted by molar-refractivity contribution is 0.168. The van der Waals surface area contributed by atoms with Gasteiger partial charge in [-0.15, -0.1) is 0 Å². The number of benzene rings is 1. The second kappa shape index (κ2) is 6.56. The molecule has 0 unspecified atom stereocenters. The number of carbonyl (C=O) groups excluding carboxylic acids is 1. The van der Waals surface area contributed by atoms with Crippen molar-refractivity contribution in [3.63, 3.8) is 0 Å². The summed E-state index contributed by atoms with van der Waals surface area (Å²) in [5, 5.41) is 2.64. The van der Waals surface area contributed by atoms with Crippen LogP contribution in [-0.4, -0.2) is 19.2 Å². The van der Waals surface area contributed by atoms with E-state index in [0.29, 0.717) is 18.8 Å². The molecule has 0 spiro atoms. The Balaban J connectivity index is 2.85. The van der Waals surface area contributed by atoms with Gasteiger partial charge in [0, 0.05) is 11.3 Å². The van der Waals surface area contributed by atoms with Gasteiger partial charge in [-0.1, -0.05) is 11.8 Å². The third-order valence-corrected chi connectivity index (χ3v) is 1.93. The van der Waals surface area contributed by atoms with Crippen LogP contribution in [0.1, 0.15) is 18.1 Å². The summed E-state index contributed by atoms with van der Waals surface area (Å²) in [5.74, 6) is 5.69. The summed E-state index contributed by atoms with van der Waals surface area (Å²) in [6, 6.07) is 5.57. The molecule has 4 heteroatoms. The molecule has 0 aliphatic carbocycles. The van der Waals surface area contributed by atoms with E-state index >= 15 is 0 Å². The molecule has 90 valence electrons. The molecule has 1 aromatic carbocycles. The summed E-state index contributed by atoms with van der Waals surface area (Å²) in [6.07, 6.45) is -0.462. The zero-order valence-electron chi connectivity index (χ0n) is 10.0. The smallest absolute Gasteiger partial charge is 0.411 e. The first-order chi connectivity index (χ1) is 8.15. The molecule has 0 aliphatic heterocycles. The van der Waals surface area contributed by atoms with Gasteiger partial charge in [0.25, 0.3) is 0 Å². The minimum atomic E-state index is -0.462. The number of nitrogens with two attached hydrogens (primary N) is 1. The van der Waals surface area contributed by atoms with E-state index in [-0.39, 0.29) is 0 Å². The van der Waals surface area contributed by atoms with Crippen molar-refractivity contribution in [3.8, 4) is 11.8 Å². The van der Waals surface area contributed by atoms with Crippen LogP contribution in [0.4, 0.5) is 10.5 Å². The predicted octanol–water partition coefficient (Wildman–Crippen LogP) is 1.87. The zero-order valence-corrected chi connectivity index (χ0v) is 10.0. The fraction of sp³-hybridized carbons (Fsp3) is 0.308. The van der Waals surface area contributed by atoms with Gasteiger partial charge in [0.15, 0.2) is 0 Å². The number of hydrogen-bond donors (Lipinski definition) is 2. The van der Waals surface area contributed by atoms with Crippen molar-refractivity contribution in [1.82, 2.24) is 0 Å². The van der Waals surface area contributed by atoms with Crippen LogP contribution in [0.2, 0.25) is 0 Å². The van der Waals surface area contributed by atoms with Crippen LogP contribution in [0, 0.1) is 18.8 Å². The van der Waals surface area contributed by atoms with Crippen LogP contribution in [0.5, 0.6) is 0 Å². The van der Waals surface area contributed by atoms with Crippen molar-refractivity contribution < 1.29 is 9.53 Å². The van der Waals surface area contributed by atoms with E-state index in [1.807, 2.05) is 19.1 Å². The summed E-state index contributed by atoms with van der Waals surface area (Å²) >= 11 is 0. The van der Waals surface area contributed by atoms with Gasteiger partial charge in [-0.05, 0) is 37.6 Å². The van der Waals surface area contributed by atoms with Crippen LogP contribution in [-0.2, 0) is 4.74 Å². The Kier molecular flexibility index (Phi) is 5.05. The number of amides is 1. The van der Waals surface area contributed by atoms with Crippen molar-refractivity contribution in [1.29, 1.82) is 0 Å². The molecule has 17 heavy (non-hydrogen) atoms. The maximum absolute atomic E-state index is 11.3. The molecule has 4 nitrogen and oxygen atoms in total. The molecule has 0 fully saturated rings. The molecule has 0 heterocycles. The van der Waals surface area contributed by atoms with E-state index in [4.69, 9.17) is 10.5 Å². The maximum atomic E-state index is 11.3. The number of nitrogens with one attached hydrogen (secondary N) is 1. The average molecular weight is 232 g/mol. The highest BCUT2D eigenvalue weighted by atomic mass is 16.5. The fourth-order valence-electron chi connectivity index (χ4n) is 1.37. The van der Waals surface area contributed by atoms with E-state index in [9.17, 15) is 4.79 Å². The molecule has 3 N–H and O–H groups in total. The molecule has 0 bridgehead atoms. The van der Waals surface area contributed by atoms with E-state index in [1.165, 1.54) is 0 Å². The maximum Gasteiger partial charge on any atom is 0.411 e. The number of ether oxygens (including phenoxy) is 1. The first kappa shape index (κ1) is 13.1. The first-order valence-electron chi connectivity index (χ1n) is 5.40. The van der Waals surface area contributed by atoms with Crippen LogP contribution in [0.25, 0.3) is 0 Å². The predicted molar refractivity (Wildman–Crippen MR) is 67.8 cm³/mol. The quantitative estimate of drug-likeness (QED) is 0.765. The van der Waals surface area contributed by atoms with Crippen molar-refractivity contribution in [3.05, 3.63) is 29.3 Å². The molecular weight excluding hydrogens is 216 g/mol. The zero-order chi connectivity index (χ0) is 12.7. The van der Waals surface area contributed by atoms with Crippen LogP contribution >= 0.6 is 0 Å². The Morgan fingerprint density at radius 2 is 2.24 bits per heavy atom. The van der Waals surface area contributed by atoms with Gasteiger partial charge in [-0.25, -0.2) is 4.79 Å². The van der Waals surface area contributed by atoms with Gasteiger partial charge in [0.2, 0.25) is 0 Å². The highest BCUT2D eigenvalue weighted by Gasteiger charge is 2.03. The monoisotopic (exact) mass is 232 g/mol. The van der Waals surface area contributed by atoms with E-state index in [1.54, 1.807) is 13.0 Å². The number of carbonyl (C=O) groups is 1. The van der Waals surface area contributed by atoms with Crippen LogP contribution in [0.3, 0.4) is 0 Å². The van der Waals surface area contributed by atoms with Gasteiger partial charge < -0.3 is 10.5 Å². The Hall–Kier alpha value is -1.99. The lowest BCUT2D eigenvalue weighted by atomic mass is 10.1. The van der Waals surface area contributed by atoms with Gasteiger partial charge in [0.1, 0.15) is 0 Å². The minimum absolute atomic E-state index is 0.314. The second-order valence-corrected chi connectivity index (χ2v) is 3.44. The van der Waals surface area contributed by atoms with Crippen LogP contribution < -0.4 is 11.1 Å². The summed E-state index contributed by atoms with van der Waals surface area (Å²) in [6.45, 7) is 4.35. The Labute approximate surface area is 101 Å². The van der Waals surface area contributed by atoms with Crippen molar-refractivity contribution in [2.75, 3.05) is 18.5 Å². The van der Waals surface area contributed by atoms with E-state index in [0.717, 1.165) is 11.1 Å². The largest absolute Gasteiger partial charge is 0.450 e. The van der Waals surface area contributed by atoms with Crippen molar-refractivity contribution in [2.24, 2.45) is 5.73 Å². The Bertz CT molecular complexity index is 458. The summed E-state index contributed by atoms with van der Waals surface area (Å²) in [4.78, 5) is 11.3. The van der Waals surface area contributed by atoms with Gasteiger partial charge in [-0.2, -0.15) is 0 Å². The van der Waals surface area contributed by atoms with Gasteiger partial charge in [0.05, 0.1) is 13.2 Å². The highest BCUT2D eigenvalue weighted by molar-refractivity contribution is 5.85. The van der Waals surface area contributed by atoms with E-state index in [2.05, 4.69) is 17.2 Å². The van der Waals surface area contributed by atoms with Gasteiger partial charge in [-0.3, -0.25) is 5.32 Å². The third-order valence-electron chi connectivity index (χ3n) is 1.93. The molecule has 0 aliphatic rings. The van der Waals surface area contributed by atoms with Crippen LogP contribution in [0.15, 0.2) is 18.2 Å². The van der Waals surface area contributed by atoms with E-state index < -0.39 is 6.09 Å². The Morgan fingerprint density at radius 1 is 1.47 bits per heavy atom. The molecule has 0 saturated heterocycles. The molecular formula is C13H16N2O2. The van der Waals surface area contributed by atoms with Crippen molar-refractivity contribution >= 4 is 11.8 Å². The average Bonchev–Trinajstić information content (AvgIpc) is 2.25.